The molecule has 0 heterocycles. The van der Waals surface area contributed by atoms with E-state index in [0.29, 0.717) is 28.0 Å². The number of benzene rings is 1. The molecule has 3 atom stereocenters. The largest absolute Gasteiger partial charge is 0.398 e. The summed E-state index contributed by atoms with van der Waals surface area (Å²) < 4.78 is 28.3. The molecule has 0 amide bonds. The first-order valence-electron chi connectivity index (χ1n) is 7.59. The molecule has 3 N–H and O–H groups in total. The molecule has 1 fully saturated rings. The molecule has 21 heavy (non-hydrogen) atoms. The Balaban J connectivity index is 2.27. The number of nitrogens with one attached hydrogen (secondary N) is 1. The van der Waals surface area contributed by atoms with Crippen LogP contribution in [-0.4, -0.2) is 14.5 Å². The van der Waals surface area contributed by atoms with Crippen LogP contribution < -0.4 is 10.5 Å². The molecule has 2 rings (SSSR count). The van der Waals surface area contributed by atoms with Gasteiger partial charge >= 0.3 is 0 Å². The number of hydrogen-bond donors (Lipinski definition) is 2. The van der Waals surface area contributed by atoms with E-state index in [1.54, 1.807) is 19.1 Å². The van der Waals surface area contributed by atoms with E-state index in [1.807, 2.05) is 6.92 Å². The fourth-order valence-electron chi connectivity index (χ4n) is 3.23. The minimum atomic E-state index is -3.52. The van der Waals surface area contributed by atoms with Crippen LogP contribution >= 0.6 is 0 Å². The first kappa shape index (κ1) is 16.3. The normalized spacial score (nSPS) is 26.8. The van der Waals surface area contributed by atoms with Gasteiger partial charge in [-0.2, -0.15) is 0 Å². The van der Waals surface area contributed by atoms with Gasteiger partial charge in [-0.05, 0) is 68.2 Å². The molecule has 5 heteroatoms. The van der Waals surface area contributed by atoms with Crippen molar-refractivity contribution >= 4 is 15.7 Å². The second kappa shape index (κ2) is 5.97. The molecule has 1 saturated carbocycles. The molecule has 0 spiro atoms. The molecule has 3 unspecified atom stereocenters. The molecule has 118 valence electrons. The quantitative estimate of drug-likeness (QED) is 0.843. The van der Waals surface area contributed by atoms with Crippen LogP contribution in [-0.2, 0) is 10.0 Å². The fraction of sp³-hybridized carbons (Fsp3) is 0.625. The van der Waals surface area contributed by atoms with Gasteiger partial charge in [-0.15, -0.1) is 0 Å². The van der Waals surface area contributed by atoms with Crippen LogP contribution in [0.2, 0.25) is 0 Å². The number of aryl methyl sites for hydroxylation is 1. The number of sulfonamides is 1. The molecule has 0 radical (unpaired) electrons. The van der Waals surface area contributed by atoms with Gasteiger partial charge in [0.1, 0.15) is 0 Å². The second-order valence-corrected chi connectivity index (χ2v) is 8.28. The summed E-state index contributed by atoms with van der Waals surface area (Å²) in [6, 6.07) is 3.52. The highest BCUT2D eigenvalue weighted by atomic mass is 32.2. The van der Waals surface area contributed by atoms with Crippen molar-refractivity contribution in [1.29, 1.82) is 0 Å². The lowest BCUT2D eigenvalue weighted by molar-refractivity contribution is 0.249. The number of nitrogen functional groups attached to an aromatic ring is 1. The highest BCUT2D eigenvalue weighted by Gasteiger charge is 2.30. The molecule has 0 bridgehead atoms. The van der Waals surface area contributed by atoms with Crippen LogP contribution in [0.25, 0.3) is 0 Å². The van der Waals surface area contributed by atoms with Gasteiger partial charge in [0, 0.05) is 11.7 Å². The van der Waals surface area contributed by atoms with Crippen LogP contribution in [0.5, 0.6) is 0 Å². The highest BCUT2D eigenvalue weighted by molar-refractivity contribution is 7.89. The monoisotopic (exact) mass is 310 g/mol. The van der Waals surface area contributed by atoms with Crippen LogP contribution in [0, 0.1) is 25.7 Å². The van der Waals surface area contributed by atoms with Crippen LogP contribution in [0.4, 0.5) is 5.69 Å². The Kier molecular flexibility index (Phi) is 4.63. The van der Waals surface area contributed by atoms with Crippen molar-refractivity contribution in [3.8, 4) is 0 Å². The molecule has 1 aromatic rings. The van der Waals surface area contributed by atoms with Gasteiger partial charge in [0.25, 0.3) is 0 Å². The summed E-state index contributed by atoms with van der Waals surface area (Å²) in [7, 11) is -3.52. The SMILES string of the molecule is Cc1cc(N)c(C)c(S(=O)(=O)NC2CCC(C)CC2C)c1. The molecular formula is C16H26N2O2S. The minimum absolute atomic E-state index is 0.0207. The zero-order chi connectivity index (χ0) is 15.8. The van der Waals surface area contributed by atoms with Crippen molar-refractivity contribution in [2.45, 2.75) is 57.9 Å². The topological polar surface area (TPSA) is 72.2 Å². The minimum Gasteiger partial charge on any atom is -0.398 e. The van der Waals surface area contributed by atoms with E-state index in [1.165, 1.54) is 0 Å². The molecule has 0 saturated heterocycles. The molecule has 1 aliphatic rings. The Morgan fingerprint density at radius 1 is 1.19 bits per heavy atom. The van der Waals surface area contributed by atoms with Crippen molar-refractivity contribution in [2.24, 2.45) is 11.8 Å². The molecule has 4 nitrogen and oxygen atoms in total. The summed E-state index contributed by atoms with van der Waals surface area (Å²) in [5.74, 6) is 1.04. The van der Waals surface area contributed by atoms with E-state index in [-0.39, 0.29) is 6.04 Å². The standard InChI is InChI=1S/C16H26N2O2S/c1-10-5-6-15(12(3)7-10)18-21(19,20)16-9-11(2)8-14(17)13(16)4/h8-10,12,15,18H,5-7,17H2,1-4H3. The van der Waals surface area contributed by atoms with E-state index in [0.717, 1.165) is 24.8 Å². The van der Waals surface area contributed by atoms with E-state index in [4.69, 9.17) is 5.73 Å². The number of nitrogens with two attached hydrogens (primary N) is 1. The van der Waals surface area contributed by atoms with Gasteiger partial charge in [0.15, 0.2) is 0 Å². The second-order valence-electron chi connectivity index (χ2n) is 6.60. The number of rotatable bonds is 3. The zero-order valence-corrected chi connectivity index (χ0v) is 14.1. The van der Waals surface area contributed by atoms with E-state index in [9.17, 15) is 8.42 Å². The van der Waals surface area contributed by atoms with Gasteiger partial charge in [-0.25, -0.2) is 13.1 Å². The van der Waals surface area contributed by atoms with Crippen LogP contribution in [0.15, 0.2) is 17.0 Å². The smallest absolute Gasteiger partial charge is 0.241 e. The lowest BCUT2D eigenvalue weighted by atomic mass is 9.80. The predicted molar refractivity (Wildman–Crippen MR) is 86.6 cm³/mol. The fourth-order valence-corrected chi connectivity index (χ4v) is 4.97. The van der Waals surface area contributed by atoms with Gasteiger partial charge < -0.3 is 5.73 Å². The van der Waals surface area contributed by atoms with Gasteiger partial charge in [0.05, 0.1) is 4.90 Å². The average molecular weight is 310 g/mol. The maximum atomic E-state index is 12.7. The summed E-state index contributed by atoms with van der Waals surface area (Å²) in [5.41, 5.74) is 7.93. The Bertz CT molecular complexity index is 625. The molecule has 1 aliphatic carbocycles. The Labute approximate surface area is 128 Å². The highest BCUT2D eigenvalue weighted by Crippen LogP contribution is 2.30. The summed E-state index contributed by atoms with van der Waals surface area (Å²) in [6.45, 7) is 7.97. The van der Waals surface area contributed by atoms with E-state index < -0.39 is 10.0 Å². The first-order valence-corrected chi connectivity index (χ1v) is 9.08. The predicted octanol–water partition coefficient (Wildman–Crippen LogP) is 2.99. The van der Waals surface area contributed by atoms with Crippen molar-refractivity contribution in [3.63, 3.8) is 0 Å². The van der Waals surface area contributed by atoms with Crippen molar-refractivity contribution in [1.82, 2.24) is 4.72 Å². The third-order valence-electron chi connectivity index (χ3n) is 4.57. The van der Waals surface area contributed by atoms with Gasteiger partial charge in [-0.3, -0.25) is 0 Å². The number of hydrogen-bond acceptors (Lipinski definition) is 3. The first-order chi connectivity index (χ1) is 9.70. The summed E-state index contributed by atoms with van der Waals surface area (Å²) >= 11 is 0. The maximum Gasteiger partial charge on any atom is 0.241 e. The molecular weight excluding hydrogens is 284 g/mol. The van der Waals surface area contributed by atoms with E-state index >= 15 is 0 Å². The number of anilines is 1. The van der Waals surface area contributed by atoms with Crippen LogP contribution in [0.3, 0.4) is 0 Å². The summed E-state index contributed by atoms with van der Waals surface area (Å²) in [5, 5.41) is 0. The van der Waals surface area contributed by atoms with Crippen molar-refractivity contribution in [3.05, 3.63) is 23.3 Å². The third-order valence-corrected chi connectivity index (χ3v) is 6.19. The van der Waals surface area contributed by atoms with Crippen molar-refractivity contribution < 1.29 is 8.42 Å². The lowest BCUT2D eigenvalue weighted by Gasteiger charge is -2.33. The Morgan fingerprint density at radius 3 is 2.48 bits per heavy atom. The molecule has 0 aliphatic heterocycles. The summed E-state index contributed by atoms with van der Waals surface area (Å²) in [6.07, 6.45) is 3.05. The third kappa shape index (κ3) is 3.58. The van der Waals surface area contributed by atoms with Gasteiger partial charge in [0.2, 0.25) is 10.0 Å². The zero-order valence-electron chi connectivity index (χ0n) is 13.3. The van der Waals surface area contributed by atoms with E-state index in [2.05, 4.69) is 18.6 Å². The van der Waals surface area contributed by atoms with Crippen molar-refractivity contribution in [2.75, 3.05) is 5.73 Å². The molecule has 0 aromatic heterocycles. The summed E-state index contributed by atoms with van der Waals surface area (Å²) in [4.78, 5) is 0.311. The lowest BCUT2D eigenvalue weighted by Crippen LogP contribution is -2.42. The Hall–Kier alpha value is -1.07. The molecule has 1 aromatic carbocycles. The van der Waals surface area contributed by atoms with Crippen LogP contribution in [0.1, 0.15) is 44.2 Å². The Morgan fingerprint density at radius 2 is 1.86 bits per heavy atom. The van der Waals surface area contributed by atoms with Gasteiger partial charge in [-0.1, -0.05) is 13.8 Å². The maximum absolute atomic E-state index is 12.7. The average Bonchev–Trinajstić information content (AvgIpc) is 2.37.